The van der Waals surface area contributed by atoms with E-state index >= 15 is 0 Å². The molecule has 20 heavy (non-hydrogen) atoms. The fourth-order valence-corrected chi connectivity index (χ4v) is 4.01. The molecule has 1 saturated heterocycles. The zero-order chi connectivity index (χ0) is 14.2. The average molecular weight is 409 g/mol. The fourth-order valence-electron chi connectivity index (χ4n) is 3.47. The van der Waals surface area contributed by atoms with Gasteiger partial charge in [-0.25, -0.2) is 4.98 Å². The van der Waals surface area contributed by atoms with Crippen LogP contribution in [0.3, 0.4) is 0 Å². The van der Waals surface area contributed by atoms with Crippen LogP contribution in [0.5, 0.6) is 0 Å². The summed E-state index contributed by atoms with van der Waals surface area (Å²) in [6, 6.07) is 0.188. The molecule has 0 amide bonds. The Morgan fingerprint density at radius 2 is 2.15 bits per heavy atom. The van der Waals surface area contributed by atoms with E-state index in [0.717, 1.165) is 32.3 Å². The number of halogens is 2. The molecule has 1 aliphatic carbocycles. The van der Waals surface area contributed by atoms with Gasteiger partial charge in [0.15, 0.2) is 0 Å². The summed E-state index contributed by atoms with van der Waals surface area (Å²) < 4.78 is 8.35. The van der Waals surface area contributed by atoms with Gasteiger partial charge in [0.25, 0.3) is 5.56 Å². The molecule has 1 aromatic heterocycles. The van der Waals surface area contributed by atoms with Crippen LogP contribution in [-0.4, -0.2) is 21.8 Å². The average Bonchev–Trinajstić information content (AvgIpc) is 2.46. The Morgan fingerprint density at radius 3 is 2.90 bits per heavy atom. The van der Waals surface area contributed by atoms with Gasteiger partial charge in [0.2, 0.25) is 0 Å². The minimum atomic E-state index is -0.0246. The highest BCUT2D eigenvalue weighted by Gasteiger charge is 2.39. The Kier molecular flexibility index (Phi) is 4.38. The topological polar surface area (TPSA) is 44.1 Å². The first-order valence-electron chi connectivity index (χ1n) is 7.17. The van der Waals surface area contributed by atoms with Crippen molar-refractivity contribution in [3.63, 3.8) is 0 Å². The molecule has 4 nitrogen and oxygen atoms in total. The first-order valence-corrected chi connectivity index (χ1v) is 8.63. The van der Waals surface area contributed by atoms with Gasteiger partial charge in [-0.2, -0.15) is 0 Å². The number of nitrogens with zero attached hydrogens (tertiary/aromatic N) is 2. The third kappa shape index (κ3) is 2.76. The maximum atomic E-state index is 12.4. The number of ether oxygens (including phenoxy) is 1. The van der Waals surface area contributed by atoms with E-state index in [4.69, 9.17) is 16.3 Å². The lowest BCUT2D eigenvalue weighted by Crippen LogP contribution is -2.44. The van der Waals surface area contributed by atoms with Gasteiger partial charge >= 0.3 is 0 Å². The molecule has 1 unspecified atom stereocenters. The molecule has 110 valence electrons. The Labute approximate surface area is 137 Å². The number of aromatic nitrogens is 2. The Balaban J connectivity index is 1.87. The van der Waals surface area contributed by atoms with Gasteiger partial charge in [0.05, 0.1) is 11.9 Å². The highest BCUT2D eigenvalue weighted by molar-refractivity contribution is 14.1. The second kappa shape index (κ2) is 5.93. The van der Waals surface area contributed by atoms with E-state index in [0.29, 0.717) is 8.72 Å². The van der Waals surface area contributed by atoms with Crippen LogP contribution in [0.2, 0.25) is 5.15 Å². The molecule has 0 radical (unpaired) electrons. The molecule has 0 N–H and O–H groups in total. The maximum absolute atomic E-state index is 12.4. The molecule has 1 aliphatic heterocycles. The molecular formula is C14H18ClIN2O2. The molecule has 1 aromatic rings. The van der Waals surface area contributed by atoms with Gasteiger partial charge in [0, 0.05) is 12.6 Å². The zero-order valence-corrected chi connectivity index (χ0v) is 14.2. The Hall–Kier alpha value is -0.140. The second-order valence-electron chi connectivity index (χ2n) is 5.80. The van der Waals surface area contributed by atoms with Gasteiger partial charge in [-0.05, 0) is 48.3 Å². The predicted molar refractivity (Wildman–Crippen MR) is 86.3 cm³/mol. The van der Waals surface area contributed by atoms with Gasteiger partial charge in [-0.15, -0.1) is 0 Å². The zero-order valence-electron chi connectivity index (χ0n) is 11.3. The van der Waals surface area contributed by atoms with E-state index in [2.05, 4.69) is 4.98 Å². The lowest BCUT2D eigenvalue weighted by Gasteiger charge is -2.43. The molecule has 2 aliphatic rings. The standard InChI is InChI=1S/C14H18ClIN2O2/c15-12-11(16)13(19)18(9-17-12)10-4-7-20-14(8-10)5-2-1-3-6-14/h9-10H,1-8H2. The Morgan fingerprint density at radius 1 is 1.40 bits per heavy atom. The van der Waals surface area contributed by atoms with Crippen LogP contribution >= 0.6 is 34.2 Å². The van der Waals surface area contributed by atoms with Crippen molar-refractivity contribution in [1.29, 1.82) is 0 Å². The normalized spacial score (nSPS) is 25.8. The molecule has 1 spiro atoms. The van der Waals surface area contributed by atoms with Crippen molar-refractivity contribution in [3.8, 4) is 0 Å². The van der Waals surface area contributed by atoms with E-state index in [1.165, 1.54) is 19.3 Å². The number of rotatable bonds is 1. The van der Waals surface area contributed by atoms with Gasteiger partial charge in [-0.3, -0.25) is 9.36 Å². The van der Waals surface area contributed by atoms with E-state index in [1.807, 2.05) is 22.6 Å². The van der Waals surface area contributed by atoms with Crippen molar-refractivity contribution in [2.45, 2.75) is 56.6 Å². The van der Waals surface area contributed by atoms with Crippen LogP contribution < -0.4 is 5.56 Å². The van der Waals surface area contributed by atoms with Crippen molar-refractivity contribution in [2.24, 2.45) is 0 Å². The summed E-state index contributed by atoms with van der Waals surface area (Å²) in [5.41, 5.74) is -0.0328. The lowest BCUT2D eigenvalue weighted by atomic mass is 9.78. The molecule has 0 aromatic carbocycles. The summed E-state index contributed by atoms with van der Waals surface area (Å²) in [4.78, 5) is 16.5. The lowest BCUT2D eigenvalue weighted by molar-refractivity contribution is -0.114. The second-order valence-corrected chi connectivity index (χ2v) is 7.24. The molecule has 6 heteroatoms. The smallest absolute Gasteiger partial charge is 0.268 e. The van der Waals surface area contributed by atoms with Crippen molar-refractivity contribution in [1.82, 2.24) is 9.55 Å². The summed E-state index contributed by atoms with van der Waals surface area (Å²) in [6.45, 7) is 0.732. The van der Waals surface area contributed by atoms with Crippen LogP contribution in [0.1, 0.15) is 51.0 Å². The predicted octanol–water partition coefficient (Wildman–Crippen LogP) is 3.56. The van der Waals surface area contributed by atoms with Crippen molar-refractivity contribution >= 4 is 34.2 Å². The number of hydrogen-bond acceptors (Lipinski definition) is 3. The van der Waals surface area contributed by atoms with Crippen LogP contribution in [0, 0.1) is 3.57 Å². The van der Waals surface area contributed by atoms with Crippen molar-refractivity contribution in [3.05, 3.63) is 25.4 Å². The molecule has 2 heterocycles. The van der Waals surface area contributed by atoms with Gasteiger partial charge in [-0.1, -0.05) is 30.9 Å². The SMILES string of the molecule is O=c1c(I)c(Cl)ncn1C1CCOC2(CCCCC2)C1. The fraction of sp³-hybridized carbons (Fsp3) is 0.714. The highest BCUT2D eigenvalue weighted by atomic mass is 127. The molecule has 0 bridgehead atoms. The maximum Gasteiger partial charge on any atom is 0.268 e. The minimum Gasteiger partial charge on any atom is -0.375 e. The molecule has 1 saturated carbocycles. The Bertz CT molecular complexity index is 549. The first-order chi connectivity index (χ1) is 9.61. The van der Waals surface area contributed by atoms with Crippen molar-refractivity contribution < 1.29 is 4.74 Å². The van der Waals surface area contributed by atoms with Crippen LogP contribution in [0.4, 0.5) is 0 Å². The van der Waals surface area contributed by atoms with Crippen LogP contribution in [0.15, 0.2) is 11.1 Å². The van der Waals surface area contributed by atoms with Gasteiger partial charge in [0.1, 0.15) is 8.72 Å². The molecule has 3 rings (SSSR count). The van der Waals surface area contributed by atoms with Gasteiger partial charge < -0.3 is 4.74 Å². The summed E-state index contributed by atoms with van der Waals surface area (Å²) in [7, 11) is 0. The van der Waals surface area contributed by atoms with E-state index in [9.17, 15) is 4.79 Å². The first kappa shape index (κ1) is 14.8. The quantitative estimate of drug-likeness (QED) is 0.527. The summed E-state index contributed by atoms with van der Waals surface area (Å²) in [6.07, 6.45) is 9.41. The van der Waals surface area contributed by atoms with Crippen LogP contribution in [0.25, 0.3) is 0 Å². The largest absolute Gasteiger partial charge is 0.375 e. The monoisotopic (exact) mass is 408 g/mol. The van der Waals surface area contributed by atoms with E-state index in [-0.39, 0.29) is 17.2 Å². The third-order valence-electron chi connectivity index (χ3n) is 4.52. The third-order valence-corrected chi connectivity index (χ3v) is 6.10. The molecule has 1 atom stereocenters. The summed E-state index contributed by atoms with van der Waals surface area (Å²) >= 11 is 7.89. The van der Waals surface area contributed by atoms with E-state index in [1.54, 1.807) is 10.9 Å². The molecular weight excluding hydrogens is 391 g/mol. The van der Waals surface area contributed by atoms with Crippen molar-refractivity contribution in [2.75, 3.05) is 6.61 Å². The molecule has 2 fully saturated rings. The highest BCUT2D eigenvalue weighted by Crippen LogP contribution is 2.41. The van der Waals surface area contributed by atoms with Crippen LogP contribution in [-0.2, 0) is 4.74 Å². The van der Waals surface area contributed by atoms with E-state index < -0.39 is 0 Å². The summed E-state index contributed by atoms with van der Waals surface area (Å²) in [5, 5.41) is 0.297. The number of hydrogen-bond donors (Lipinski definition) is 0. The minimum absolute atomic E-state index is 0.00826. The summed E-state index contributed by atoms with van der Waals surface area (Å²) in [5.74, 6) is 0.